The molecule has 2 N–H and O–H groups in total. The zero-order valence-corrected chi connectivity index (χ0v) is 17.4. The number of benzene rings is 1. The van der Waals surface area contributed by atoms with Crippen LogP contribution in [0.4, 0.5) is 4.39 Å². The third kappa shape index (κ3) is 5.59. The van der Waals surface area contributed by atoms with E-state index in [-0.39, 0.29) is 29.0 Å². The standard InChI is InChI=1S/C21H33FN4O2/c1-5-16(28-18-11-7-6-10-17(18)22)14-24-20(23-2)25-15-21(12-8-9-13-21)19(27)26(3)4/h6-7,10-11,16H,5,8-9,12-15H2,1-4H3,(H2,23,24,25). The van der Waals surface area contributed by atoms with Gasteiger partial charge in [-0.3, -0.25) is 9.79 Å². The van der Waals surface area contributed by atoms with Crippen LogP contribution in [0.3, 0.4) is 0 Å². The molecule has 1 fully saturated rings. The highest BCUT2D eigenvalue weighted by molar-refractivity contribution is 5.85. The van der Waals surface area contributed by atoms with Crippen molar-refractivity contribution in [3.8, 4) is 5.75 Å². The molecule has 156 valence electrons. The van der Waals surface area contributed by atoms with Crippen LogP contribution < -0.4 is 15.4 Å². The van der Waals surface area contributed by atoms with E-state index in [1.165, 1.54) is 6.07 Å². The zero-order valence-electron chi connectivity index (χ0n) is 17.4. The monoisotopic (exact) mass is 392 g/mol. The van der Waals surface area contributed by atoms with Crippen LogP contribution in [-0.4, -0.2) is 57.1 Å². The van der Waals surface area contributed by atoms with Gasteiger partial charge >= 0.3 is 0 Å². The number of hydrogen-bond donors (Lipinski definition) is 2. The number of para-hydroxylation sites is 1. The molecule has 0 aromatic heterocycles. The molecule has 1 aromatic carbocycles. The third-order valence-electron chi connectivity index (χ3n) is 5.32. The summed E-state index contributed by atoms with van der Waals surface area (Å²) in [5.74, 6) is 0.671. The number of hydrogen-bond acceptors (Lipinski definition) is 3. The number of nitrogens with zero attached hydrogens (tertiary/aromatic N) is 2. The molecule has 0 radical (unpaired) electrons. The molecule has 7 heteroatoms. The molecule has 2 rings (SSSR count). The number of carbonyl (C=O) groups is 1. The first-order valence-corrected chi connectivity index (χ1v) is 9.99. The van der Waals surface area contributed by atoms with Gasteiger partial charge in [-0.05, 0) is 31.4 Å². The van der Waals surface area contributed by atoms with E-state index in [0.717, 1.165) is 32.1 Å². The topological polar surface area (TPSA) is 66.0 Å². The third-order valence-corrected chi connectivity index (χ3v) is 5.32. The fourth-order valence-corrected chi connectivity index (χ4v) is 3.67. The van der Waals surface area contributed by atoms with E-state index >= 15 is 0 Å². The van der Waals surface area contributed by atoms with Gasteiger partial charge in [-0.25, -0.2) is 4.39 Å². The van der Waals surface area contributed by atoms with E-state index in [1.54, 1.807) is 44.2 Å². The van der Waals surface area contributed by atoms with Gasteiger partial charge < -0.3 is 20.3 Å². The Morgan fingerprint density at radius 2 is 1.96 bits per heavy atom. The summed E-state index contributed by atoms with van der Waals surface area (Å²) in [6.45, 7) is 3.03. The smallest absolute Gasteiger partial charge is 0.230 e. The lowest BCUT2D eigenvalue weighted by Crippen LogP contribution is -2.50. The van der Waals surface area contributed by atoms with Gasteiger partial charge in [0.2, 0.25) is 5.91 Å². The Morgan fingerprint density at radius 1 is 1.29 bits per heavy atom. The van der Waals surface area contributed by atoms with Crippen molar-refractivity contribution in [2.45, 2.75) is 45.1 Å². The summed E-state index contributed by atoms with van der Waals surface area (Å²) in [6, 6.07) is 6.41. The van der Waals surface area contributed by atoms with Crippen molar-refractivity contribution >= 4 is 11.9 Å². The minimum absolute atomic E-state index is 0.169. The number of carbonyl (C=O) groups excluding carboxylic acids is 1. The van der Waals surface area contributed by atoms with Gasteiger partial charge in [-0.1, -0.05) is 31.9 Å². The second-order valence-electron chi connectivity index (χ2n) is 7.57. The molecule has 0 heterocycles. The molecule has 0 saturated heterocycles. The van der Waals surface area contributed by atoms with Crippen LogP contribution in [-0.2, 0) is 4.79 Å². The summed E-state index contributed by atoms with van der Waals surface area (Å²) in [4.78, 5) is 18.6. The number of amides is 1. The number of aliphatic imine (C=N–C) groups is 1. The largest absolute Gasteiger partial charge is 0.486 e. The summed E-state index contributed by atoms with van der Waals surface area (Å²) >= 11 is 0. The SMILES string of the molecule is CCC(CNC(=NC)NCC1(C(=O)N(C)C)CCCC1)Oc1ccccc1F. The van der Waals surface area contributed by atoms with Gasteiger partial charge in [0.1, 0.15) is 6.10 Å². The summed E-state index contributed by atoms with van der Waals surface area (Å²) < 4.78 is 19.6. The molecule has 1 aromatic rings. The molecule has 1 unspecified atom stereocenters. The molecule has 1 aliphatic rings. The van der Waals surface area contributed by atoms with Crippen molar-refractivity contribution in [2.75, 3.05) is 34.2 Å². The van der Waals surface area contributed by atoms with Crippen LogP contribution in [0.5, 0.6) is 5.75 Å². The lowest BCUT2D eigenvalue weighted by Gasteiger charge is -2.31. The molecule has 1 saturated carbocycles. The summed E-state index contributed by atoms with van der Waals surface area (Å²) in [5, 5.41) is 6.54. The summed E-state index contributed by atoms with van der Waals surface area (Å²) in [6.07, 6.45) is 4.45. The van der Waals surface area contributed by atoms with Crippen LogP contribution in [0.25, 0.3) is 0 Å². The first-order valence-electron chi connectivity index (χ1n) is 9.99. The van der Waals surface area contributed by atoms with Crippen LogP contribution in [0, 0.1) is 11.2 Å². The number of rotatable bonds is 8. The average Bonchev–Trinajstić information content (AvgIpc) is 3.17. The van der Waals surface area contributed by atoms with Gasteiger partial charge in [0.15, 0.2) is 17.5 Å². The Labute approximate surface area is 167 Å². The molecule has 0 aliphatic heterocycles. The van der Waals surface area contributed by atoms with Crippen molar-refractivity contribution in [3.63, 3.8) is 0 Å². The van der Waals surface area contributed by atoms with Gasteiger partial charge in [0.05, 0.1) is 12.0 Å². The Balaban J connectivity index is 1.91. The van der Waals surface area contributed by atoms with E-state index in [9.17, 15) is 9.18 Å². The van der Waals surface area contributed by atoms with E-state index in [4.69, 9.17) is 4.74 Å². The van der Waals surface area contributed by atoms with E-state index in [1.807, 2.05) is 6.92 Å². The highest BCUT2D eigenvalue weighted by Gasteiger charge is 2.42. The lowest BCUT2D eigenvalue weighted by molar-refractivity contribution is -0.138. The Morgan fingerprint density at radius 3 is 2.54 bits per heavy atom. The molecule has 6 nitrogen and oxygen atoms in total. The fourth-order valence-electron chi connectivity index (χ4n) is 3.67. The second-order valence-corrected chi connectivity index (χ2v) is 7.57. The van der Waals surface area contributed by atoms with Crippen molar-refractivity contribution in [3.05, 3.63) is 30.1 Å². The van der Waals surface area contributed by atoms with Crippen molar-refractivity contribution in [1.29, 1.82) is 0 Å². The maximum Gasteiger partial charge on any atom is 0.230 e. The summed E-state index contributed by atoms with van der Waals surface area (Å²) in [7, 11) is 5.31. The van der Waals surface area contributed by atoms with Gasteiger partial charge in [0.25, 0.3) is 0 Å². The Kier molecular flexibility index (Phi) is 8.08. The molecule has 1 aliphatic carbocycles. The fraction of sp³-hybridized carbons (Fsp3) is 0.619. The molecule has 0 bridgehead atoms. The first kappa shape index (κ1) is 22.0. The predicted molar refractivity (Wildman–Crippen MR) is 110 cm³/mol. The van der Waals surface area contributed by atoms with E-state index in [2.05, 4.69) is 15.6 Å². The highest BCUT2D eigenvalue weighted by Crippen LogP contribution is 2.38. The lowest BCUT2D eigenvalue weighted by atomic mass is 9.84. The maximum absolute atomic E-state index is 13.8. The number of guanidine groups is 1. The predicted octanol–water partition coefficient (Wildman–Crippen LogP) is 2.80. The van der Waals surface area contributed by atoms with Gasteiger partial charge in [0, 0.05) is 27.7 Å². The van der Waals surface area contributed by atoms with Crippen LogP contribution in [0.15, 0.2) is 29.3 Å². The van der Waals surface area contributed by atoms with Crippen molar-refractivity contribution < 1.29 is 13.9 Å². The van der Waals surface area contributed by atoms with Crippen molar-refractivity contribution in [2.24, 2.45) is 10.4 Å². The van der Waals surface area contributed by atoms with Gasteiger partial charge in [-0.2, -0.15) is 0 Å². The van der Waals surface area contributed by atoms with Crippen LogP contribution in [0.2, 0.25) is 0 Å². The quantitative estimate of drug-likeness (QED) is 0.527. The number of halogens is 1. The first-order chi connectivity index (χ1) is 13.4. The van der Waals surface area contributed by atoms with Gasteiger partial charge in [-0.15, -0.1) is 0 Å². The zero-order chi connectivity index (χ0) is 20.6. The normalized spacial score (nSPS) is 17.1. The number of ether oxygens (including phenoxy) is 1. The molecule has 1 amide bonds. The Hall–Kier alpha value is -2.31. The minimum atomic E-state index is -0.367. The van der Waals surface area contributed by atoms with Crippen LogP contribution >= 0.6 is 0 Å². The maximum atomic E-state index is 13.8. The van der Waals surface area contributed by atoms with E-state index in [0.29, 0.717) is 19.0 Å². The number of nitrogens with one attached hydrogen (secondary N) is 2. The average molecular weight is 393 g/mol. The van der Waals surface area contributed by atoms with Crippen molar-refractivity contribution in [1.82, 2.24) is 15.5 Å². The molecule has 1 atom stereocenters. The molecular formula is C21H33FN4O2. The second kappa shape index (κ2) is 10.3. The Bertz CT molecular complexity index is 672. The molecule has 28 heavy (non-hydrogen) atoms. The summed E-state index contributed by atoms with van der Waals surface area (Å²) in [5.41, 5.74) is -0.366. The van der Waals surface area contributed by atoms with Crippen LogP contribution in [0.1, 0.15) is 39.0 Å². The minimum Gasteiger partial charge on any atom is -0.486 e. The highest BCUT2D eigenvalue weighted by atomic mass is 19.1. The van der Waals surface area contributed by atoms with E-state index < -0.39 is 0 Å². The molecule has 0 spiro atoms. The molecular weight excluding hydrogens is 359 g/mol.